The Morgan fingerprint density at radius 1 is 1.04 bits per heavy atom. The van der Waals surface area contributed by atoms with Gasteiger partial charge in [-0.3, -0.25) is 9.36 Å². The van der Waals surface area contributed by atoms with Crippen LogP contribution in [-0.2, 0) is 11.3 Å². The lowest BCUT2D eigenvalue weighted by atomic mass is 10.1. The molecular formula is C19H17Cl2N3O2S. The third-order valence-corrected chi connectivity index (χ3v) is 5.31. The summed E-state index contributed by atoms with van der Waals surface area (Å²) in [6.07, 6.45) is 0. The van der Waals surface area contributed by atoms with Crippen LogP contribution < -0.4 is 0 Å². The zero-order valence-corrected chi connectivity index (χ0v) is 16.9. The number of hydrogen-bond donors (Lipinski definition) is 0. The Morgan fingerprint density at radius 2 is 1.67 bits per heavy atom. The summed E-state index contributed by atoms with van der Waals surface area (Å²) in [6, 6.07) is 14.3. The predicted molar refractivity (Wildman–Crippen MR) is 109 cm³/mol. The van der Waals surface area contributed by atoms with Gasteiger partial charge in [0.05, 0.1) is 18.9 Å². The molecule has 1 aromatic heterocycles. The molecule has 2 aromatic carbocycles. The fourth-order valence-electron chi connectivity index (χ4n) is 2.44. The molecule has 3 rings (SSSR count). The van der Waals surface area contributed by atoms with Crippen molar-refractivity contribution >= 4 is 40.7 Å². The van der Waals surface area contributed by atoms with Crippen molar-refractivity contribution in [2.75, 3.05) is 19.5 Å². The van der Waals surface area contributed by atoms with Crippen LogP contribution in [0.15, 0.2) is 53.7 Å². The standard InChI is InChI=1S/C19H17Cl2N3O2S/c1-26-11-10-24-18(14-4-8-16(21)9-5-14)22-23-19(24)27-12-17(25)13-2-6-15(20)7-3-13/h2-9H,10-12H2,1H3. The number of carbonyl (C=O) groups is 1. The average Bonchev–Trinajstić information content (AvgIpc) is 3.08. The molecule has 0 aliphatic heterocycles. The molecule has 27 heavy (non-hydrogen) atoms. The molecule has 140 valence electrons. The Kier molecular flexibility index (Phi) is 6.90. The van der Waals surface area contributed by atoms with Crippen molar-refractivity contribution in [1.29, 1.82) is 0 Å². The van der Waals surface area contributed by atoms with E-state index in [0.29, 0.717) is 39.7 Å². The number of thioether (sulfide) groups is 1. The summed E-state index contributed by atoms with van der Waals surface area (Å²) in [7, 11) is 1.64. The molecule has 5 nitrogen and oxygen atoms in total. The van der Waals surface area contributed by atoms with Gasteiger partial charge in [-0.2, -0.15) is 0 Å². The Hall–Kier alpha value is -1.86. The van der Waals surface area contributed by atoms with Crippen molar-refractivity contribution in [1.82, 2.24) is 14.8 Å². The van der Waals surface area contributed by atoms with Crippen LogP contribution in [0.3, 0.4) is 0 Å². The minimum Gasteiger partial charge on any atom is -0.383 e. The number of Topliss-reactive ketones (excluding diaryl/α,β-unsaturated/α-hetero) is 1. The zero-order valence-electron chi connectivity index (χ0n) is 14.6. The van der Waals surface area contributed by atoms with E-state index in [-0.39, 0.29) is 11.5 Å². The van der Waals surface area contributed by atoms with Crippen molar-refractivity contribution in [3.63, 3.8) is 0 Å². The van der Waals surface area contributed by atoms with E-state index in [1.54, 1.807) is 31.4 Å². The molecular weight excluding hydrogens is 405 g/mol. The second kappa shape index (κ2) is 9.37. The lowest BCUT2D eigenvalue weighted by Crippen LogP contribution is -2.09. The molecule has 0 N–H and O–H groups in total. The van der Waals surface area contributed by atoms with Gasteiger partial charge in [0.15, 0.2) is 16.8 Å². The van der Waals surface area contributed by atoms with E-state index < -0.39 is 0 Å². The largest absolute Gasteiger partial charge is 0.383 e. The van der Waals surface area contributed by atoms with E-state index in [9.17, 15) is 4.79 Å². The van der Waals surface area contributed by atoms with Gasteiger partial charge in [0.25, 0.3) is 0 Å². The van der Waals surface area contributed by atoms with Crippen LogP contribution in [0.1, 0.15) is 10.4 Å². The van der Waals surface area contributed by atoms with Gasteiger partial charge in [0.2, 0.25) is 0 Å². The van der Waals surface area contributed by atoms with Crippen LogP contribution >= 0.6 is 35.0 Å². The van der Waals surface area contributed by atoms with Crippen molar-refractivity contribution in [2.45, 2.75) is 11.7 Å². The Morgan fingerprint density at radius 3 is 2.30 bits per heavy atom. The molecule has 0 fully saturated rings. The zero-order chi connectivity index (χ0) is 19.2. The number of ether oxygens (including phenoxy) is 1. The number of benzene rings is 2. The van der Waals surface area contributed by atoms with Crippen LogP contribution in [0.5, 0.6) is 0 Å². The monoisotopic (exact) mass is 421 g/mol. The molecule has 0 radical (unpaired) electrons. The quantitative estimate of drug-likeness (QED) is 0.383. The lowest BCUT2D eigenvalue weighted by Gasteiger charge is -2.09. The van der Waals surface area contributed by atoms with E-state index >= 15 is 0 Å². The molecule has 0 aliphatic rings. The minimum absolute atomic E-state index is 0.00556. The highest BCUT2D eigenvalue weighted by atomic mass is 35.5. The minimum atomic E-state index is 0.00556. The van der Waals surface area contributed by atoms with E-state index in [2.05, 4.69) is 10.2 Å². The van der Waals surface area contributed by atoms with Gasteiger partial charge >= 0.3 is 0 Å². The average molecular weight is 422 g/mol. The van der Waals surface area contributed by atoms with E-state index in [0.717, 1.165) is 5.56 Å². The van der Waals surface area contributed by atoms with Gasteiger partial charge in [-0.05, 0) is 48.5 Å². The predicted octanol–water partition coefficient (Wildman–Crippen LogP) is 4.87. The summed E-state index contributed by atoms with van der Waals surface area (Å²) in [5.74, 6) is 0.976. The number of halogens is 2. The maximum Gasteiger partial charge on any atom is 0.192 e. The molecule has 0 unspecified atom stereocenters. The Bertz CT molecular complexity index is 912. The van der Waals surface area contributed by atoms with E-state index in [1.165, 1.54) is 11.8 Å². The van der Waals surface area contributed by atoms with Crippen molar-refractivity contribution < 1.29 is 9.53 Å². The molecule has 0 spiro atoms. The fraction of sp³-hybridized carbons (Fsp3) is 0.211. The van der Waals surface area contributed by atoms with Crippen molar-refractivity contribution in [2.24, 2.45) is 0 Å². The first-order chi connectivity index (χ1) is 13.1. The molecule has 1 heterocycles. The number of aromatic nitrogens is 3. The van der Waals surface area contributed by atoms with Crippen LogP contribution in [0.4, 0.5) is 0 Å². The molecule has 0 saturated carbocycles. The lowest BCUT2D eigenvalue weighted by molar-refractivity contribution is 0.102. The van der Waals surface area contributed by atoms with E-state index in [1.807, 2.05) is 28.8 Å². The maximum atomic E-state index is 12.4. The molecule has 0 amide bonds. The van der Waals surface area contributed by atoms with Gasteiger partial charge in [-0.1, -0.05) is 35.0 Å². The Labute approximate surface area is 171 Å². The number of nitrogens with zero attached hydrogens (tertiary/aromatic N) is 3. The summed E-state index contributed by atoms with van der Waals surface area (Å²) in [4.78, 5) is 12.4. The number of ketones is 1. The van der Waals surface area contributed by atoms with Crippen LogP contribution in [0.25, 0.3) is 11.4 Å². The Balaban J connectivity index is 1.79. The van der Waals surface area contributed by atoms with Crippen LogP contribution in [0.2, 0.25) is 10.0 Å². The molecule has 0 aliphatic carbocycles. The first-order valence-electron chi connectivity index (χ1n) is 8.18. The van der Waals surface area contributed by atoms with Crippen LogP contribution in [0, 0.1) is 0 Å². The first kappa shape index (κ1) is 19.9. The topological polar surface area (TPSA) is 57.0 Å². The molecule has 3 aromatic rings. The van der Waals surface area contributed by atoms with Crippen molar-refractivity contribution in [3.05, 3.63) is 64.1 Å². The molecule has 0 saturated heterocycles. The first-order valence-corrected chi connectivity index (χ1v) is 9.92. The highest BCUT2D eigenvalue weighted by Gasteiger charge is 2.16. The fourth-order valence-corrected chi connectivity index (χ4v) is 3.55. The summed E-state index contributed by atoms with van der Waals surface area (Å²) in [5.41, 5.74) is 1.52. The molecule has 0 bridgehead atoms. The van der Waals surface area contributed by atoms with Gasteiger partial charge < -0.3 is 4.74 Å². The number of rotatable bonds is 8. The number of carbonyl (C=O) groups excluding carboxylic acids is 1. The molecule has 8 heteroatoms. The smallest absolute Gasteiger partial charge is 0.192 e. The number of hydrogen-bond acceptors (Lipinski definition) is 5. The third-order valence-electron chi connectivity index (χ3n) is 3.84. The van der Waals surface area contributed by atoms with Gasteiger partial charge in [0, 0.05) is 28.3 Å². The number of methoxy groups -OCH3 is 1. The van der Waals surface area contributed by atoms with Gasteiger partial charge in [-0.25, -0.2) is 0 Å². The summed E-state index contributed by atoms with van der Waals surface area (Å²) < 4.78 is 7.15. The third kappa shape index (κ3) is 5.11. The normalized spacial score (nSPS) is 10.9. The highest BCUT2D eigenvalue weighted by molar-refractivity contribution is 7.99. The SMILES string of the molecule is COCCn1c(SCC(=O)c2ccc(Cl)cc2)nnc1-c1ccc(Cl)cc1. The van der Waals surface area contributed by atoms with Gasteiger partial charge in [0.1, 0.15) is 0 Å². The summed E-state index contributed by atoms with van der Waals surface area (Å²) in [5, 5.41) is 10.5. The van der Waals surface area contributed by atoms with Crippen molar-refractivity contribution in [3.8, 4) is 11.4 Å². The van der Waals surface area contributed by atoms with Crippen LogP contribution in [-0.4, -0.2) is 40.0 Å². The second-order valence-electron chi connectivity index (χ2n) is 5.68. The summed E-state index contributed by atoms with van der Waals surface area (Å²) >= 11 is 13.2. The molecule has 0 atom stereocenters. The maximum absolute atomic E-state index is 12.4. The summed E-state index contributed by atoms with van der Waals surface area (Å²) in [6.45, 7) is 1.09. The van der Waals surface area contributed by atoms with E-state index in [4.69, 9.17) is 27.9 Å². The van der Waals surface area contributed by atoms with Gasteiger partial charge in [-0.15, -0.1) is 10.2 Å². The second-order valence-corrected chi connectivity index (χ2v) is 7.49. The highest BCUT2D eigenvalue weighted by Crippen LogP contribution is 2.26.